The first-order chi connectivity index (χ1) is 9.35. The van der Waals surface area contributed by atoms with Crippen LogP contribution in [0.15, 0.2) is 42.0 Å². The first kappa shape index (κ1) is 14.6. The van der Waals surface area contributed by atoms with Crippen molar-refractivity contribution >= 4 is 6.09 Å². The maximum absolute atomic E-state index is 12.3. The molecule has 3 heteroatoms. The summed E-state index contributed by atoms with van der Waals surface area (Å²) in [6.07, 6.45) is 2.76. The van der Waals surface area contributed by atoms with Crippen LogP contribution in [0.25, 0.3) is 0 Å². The second-order valence-electron chi connectivity index (χ2n) is 6.38. The van der Waals surface area contributed by atoms with Crippen molar-refractivity contribution in [1.82, 2.24) is 4.90 Å². The molecule has 0 saturated heterocycles. The minimum atomic E-state index is -0.453. The number of rotatable bonds is 2. The van der Waals surface area contributed by atoms with Gasteiger partial charge in [0.25, 0.3) is 0 Å². The Balaban J connectivity index is 2.08. The van der Waals surface area contributed by atoms with Crippen LogP contribution in [0.2, 0.25) is 0 Å². The average Bonchev–Trinajstić information content (AvgIpc) is 2.69. The van der Waals surface area contributed by atoms with E-state index in [2.05, 4.69) is 25.1 Å². The van der Waals surface area contributed by atoms with Gasteiger partial charge in [0.05, 0.1) is 6.04 Å². The molecular weight excluding hydrogens is 250 g/mol. The van der Waals surface area contributed by atoms with Crippen LogP contribution in [0.3, 0.4) is 0 Å². The fourth-order valence-electron chi connectivity index (χ4n) is 2.40. The van der Waals surface area contributed by atoms with E-state index in [0.717, 1.165) is 6.42 Å². The Morgan fingerprint density at radius 3 is 2.55 bits per heavy atom. The molecule has 1 atom stereocenters. The summed E-state index contributed by atoms with van der Waals surface area (Å²) in [6.45, 7) is 8.41. The maximum Gasteiger partial charge on any atom is 0.411 e. The van der Waals surface area contributed by atoms with Gasteiger partial charge >= 0.3 is 6.09 Å². The molecule has 0 aromatic heterocycles. The molecule has 108 valence electrons. The Hall–Kier alpha value is -1.77. The van der Waals surface area contributed by atoms with Crippen molar-refractivity contribution in [2.45, 2.75) is 45.8 Å². The summed E-state index contributed by atoms with van der Waals surface area (Å²) in [6, 6.07) is 10.3. The van der Waals surface area contributed by atoms with Gasteiger partial charge in [0.2, 0.25) is 0 Å². The van der Waals surface area contributed by atoms with Gasteiger partial charge in [0.1, 0.15) is 5.60 Å². The molecule has 0 fully saturated rings. The lowest BCUT2D eigenvalue weighted by Crippen LogP contribution is -2.41. The van der Waals surface area contributed by atoms with E-state index in [4.69, 9.17) is 4.74 Å². The van der Waals surface area contributed by atoms with Crippen LogP contribution in [-0.4, -0.2) is 29.2 Å². The standard InChI is InChI=1S/C17H23NO2/c1-13-10-15(11-14-8-6-5-7-9-14)18(12-13)16(19)20-17(2,3)4/h5-10,15H,11-12H2,1-4H3. The Morgan fingerprint density at radius 1 is 1.30 bits per heavy atom. The lowest BCUT2D eigenvalue weighted by molar-refractivity contribution is 0.0240. The highest BCUT2D eigenvalue weighted by molar-refractivity contribution is 5.70. The molecule has 1 aliphatic heterocycles. The molecule has 0 N–H and O–H groups in total. The molecular formula is C17H23NO2. The van der Waals surface area contributed by atoms with Crippen LogP contribution in [-0.2, 0) is 11.2 Å². The molecule has 0 spiro atoms. The minimum Gasteiger partial charge on any atom is -0.444 e. The third kappa shape index (κ3) is 3.86. The fraction of sp³-hybridized carbons (Fsp3) is 0.471. The van der Waals surface area contributed by atoms with Gasteiger partial charge in [0, 0.05) is 6.54 Å². The van der Waals surface area contributed by atoms with Gasteiger partial charge in [-0.2, -0.15) is 0 Å². The molecule has 1 unspecified atom stereocenters. The lowest BCUT2D eigenvalue weighted by Gasteiger charge is -2.28. The van der Waals surface area contributed by atoms with E-state index in [1.165, 1.54) is 11.1 Å². The largest absolute Gasteiger partial charge is 0.444 e. The number of amides is 1. The SMILES string of the molecule is CC1=CC(Cc2ccccc2)N(C(=O)OC(C)(C)C)C1. The van der Waals surface area contributed by atoms with Crippen LogP contribution in [0.5, 0.6) is 0 Å². The molecule has 20 heavy (non-hydrogen) atoms. The first-order valence-corrected chi connectivity index (χ1v) is 7.06. The smallest absolute Gasteiger partial charge is 0.411 e. The van der Waals surface area contributed by atoms with Crippen molar-refractivity contribution in [3.05, 3.63) is 47.5 Å². The summed E-state index contributed by atoms with van der Waals surface area (Å²) in [7, 11) is 0. The average molecular weight is 273 g/mol. The molecule has 1 aliphatic rings. The first-order valence-electron chi connectivity index (χ1n) is 7.06. The van der Waals surface area contributed by atoms with Crippen LogP contribution in [0, 0.1) is 0 Å². The zero-order chi connectivity index (χ0) is 14.8. The molecule has 1 aromatic rings. The Bertz CT molecular complexity index is 499. The monoisotopic (exact) mass is 273 g/mol. The van der Waals surface area contributed by atoms with Gasteiger partial charge < -0.3 is 4.74 Å². The van der Waals surface area contributed by atoms with E-state index in [1.807, 2.05) is 43.9 Å². The molecule has 1 aromatic carbocycles. The second-order valence-corrected chi connectivity index (χ2v) is 6.38. The third-order valence-corrected chi connectivity index (χ3v) is 3.21. The Labute approximate surface area is 121 Å². The maximum atomic E-state index is 12.3. The van der Waals surface area contributed by atoms with E-state index in [1.54, 1.807) is 0 Å². The van der Waals surface area contributed by atoms with Gasteiger partial charge in [-0.15, -0.1) is 0 Å². The molecule has 1 heterocycles. The normalized spacial score (nSPS) is 18.9. The van der Waals surface area contributed by atoms with E-state index < -0.39 is 5.60 Å². The van der Waals surface area contributed by atoms with Crippen LogP contribution < -0.4 is 0 Å². The summed E-state index contributed by atoms with van der Waals surface area (Å²) in [4.78, 5) is 14.1. The van der Waals surface area contributed by atoms with Gasteiger partial charge in [-0.25, -0.2) is 4.79 Å². The number of hydrogen-bond acceptors (Lipinski definition) is 2. The molecule has 0 radical (unpaired) electrons. The third-order valence-electron chi connectivity index (χ3n) is 3.21. The Kier molecular flexibility index (Phi) is 4.17. The van der Waals surface area contributed by atoms with Crippen molar-refractivity contribution in [3.8, 4) is 0 Å². The number of ether oxygens (including phenoxy) is 1. The highest BCUT2D eigenvalue weighted by atomic mass is 16.6. The fourth-order valence-corrected chi connectivity index (χ4v) is 2.40. The summed E-state index contributed by atoms with van der Waals surface area (Å²) in [5.74, 6) is 0. The number of carbonyl (C=O) groups is 1. The molecule has 0 aliphatic carbocycles. The van der Waals surface area contributed by atoms with Crippen molar-refractivity contribution in [2.24, 2.45) is 0 Å². The number of nitrogens with zero attached hydrogens (tertiary/aromatic N) is 1. The summed E-state index contributed by atoms with van der Waals surface area (Å²) in [5, 5.41) is 0. The van der Waals surface area contributed by atoms with Crippen LogP contribution in [0.1, 0.15) is 33.3 Å². The van der Waals surface area contributed by atoms with E-state index >= 15 is 0 Å². The molecule has 3 nitrogen and oxygen atoms in total. The van der Waals surface area contributed by atoms with Gasteiger partial charge in [-0.05, 0) is 39.7 Å². The predicted octanol–water partition coefficient (Wildman–Crippen LogP) is 3.79. The number of carbonyl (C=O) groups excluding carboxylic acids is 1. The summed E-state index contributed by atoms with van der Waals surface area (Å²) < 4.78 is 5.49. The zero-order valence-electron chi connectivity index (χ0n) is 12.7. The Morgan fingerprint density at radius 2 is 1.95 bits per heavy atom. The van der Waals surface area contributed by atoms with Gasteiger partial charge in [-0.1, -0.05) is 42.0 Å². The van der Waals surface area contributed by atoms with E-state index in [0.29, 0.717) is 6.54 Å². The lowest BCUT2D eigenvalue weighted by atomic mass is 10.1. The van der Waals surface area contributed by atoms with Crippen LogP contribution in [0.4, 0.5) is 4.79 Å². The molecule has 0 saturated carbocycles. The highest BCUT2D eigenvalue weighted by Gasteiger charge is 2.31. The highest BCUT2D eigenvalue weighted by Crippen LogP contribution is 2.22. The van der Waals surface area contributed by atoms with Gasteiger partial charge in [0.15, 0.2) is 0 Å². The minimum absolute atomic E-state index is 0.0900. The molecule has 0 bridgehead atoms. The summed E-state index contributed by atoms with van der Waals surface area (Å²) >= 11 is 0. The van der Waals surface area contributed by atoms with Gasteiger partial charge in [-0.3, -0.25) is 4.90 Å². The van der Waals surface area contributed by atoms with Crippen molar-refractivity contribution in [3.63, 3.8) is 0 Å². The predicted molar refractivity (Wildman–Crippen MR) is 80.6 cm³/mol. The van der Waals surface area contributed by atoms with E-state index in [9.17, 15) is 4.79 Å². The number of hydrogen-bond donors (Lipinski definition) is 0. The van der Waals surface area contributed by atoms with Crippen molar-refractivity contribution in [2.75, 3.05) is 6.54 Å². The van der Waals surface area contributed by atoms with E-state index in [-0.39, 0.29) is 12.1 Å². The van der Waals surface area contributed by atoms with Crippen molar-refractivity contribution in [1.29, 1.82) is 0 Å². The topological polar surface area (TPSA) is 29.5 Å². The quantitative estimate of drug-likeness (QED) is 0.767. The summed E-state index contributed by atoms with van der Waals surface area (Å²) in [5.41, 5.74) is 2.00. The second kappa shape index (κ2) is 5.70. The van der Waals surface area contributed by atoms with Crippen LogP contribution >= 0.6 is 0 Å². The van der Waals surface area contributed by atoms with Crippen molar-refractivity contribution < 1.29 is 9.53 Å². The molecule has 2 rings (SSSR count). The zero-order valence-corrected chi connectivity index (χ0v) is 12.7. The molecule has 1 amide bonds. The number of benzene rings is 1.